The molecule has 0 bridgehead atoms. The van der Waals surface area contributed by atoms with E-state index < -0.39 is 0 Å². The average Bonchev–Trinajstić information content (AvgIpc) is 2.07. The highest BCUT2D eigenvalue weighted by Gasteiger charge is 2.12. The summed E-state index contributed by atoms with van der Waals surface area (Å²) in [4.78, 5) is 0. The maximum atomic E-state index is 13.0. The fraction of sp³-hybridized carbons (Fsp3) is 0.250. The van der Waals surface area contributed by atoms with E-state index in [0.717, 1.165) is 12.2 Å². The van der Waals surface area contributed by atoms with Gasteiger partial charge in [0.05, 0.1) is 10.2 Å². The number of nitrogens with one attached hydrogen (secondary N) is 1. The molecule has 5 heteroatoms. The third kappa shape index (κ3) is 2.06. The Hall–Kier alpha value is -0.480. The van der Waals surface area contributed by atoms with Crippen LogP contribution in [0.1, 0.15) is 0 Å². The van der Waals surface area contributed by atoms with Gasteiger partial charge in [-0.3, -0.25) is 0 Å². The fourth-order valence-electron chi connectivity index (χ4n) is 1.13. The van der Waals surface area contributed by atoms with E-state index in [1.807, 2.05) is 0 Å². The fourth-order valence-corrected chi connectivity index (χ4v) is 1.48. The van der Waals surface area contributed by atoms with Crippen LogP contribution in [0.3, 0.4) is 0 Å². The second kappa shape index (κ2) is 4.15. The van der Waals surface area contributed by atoms with Gasteiger partial charge >= 0.3 is 0 Å². The molecule has 2 rings (SSSR count). The van der Waals surface area contributed by atoms with E-state index in [9.17, 15) is 4.39 Å². The molecule has 2 nitrogen and oxygen atoms in total. The lowest BCUT2D eigenvalue weighted by molar-refractivity contribution is 0.321. The summed E-state index contributed by atoms with van der Waals surface area (Å²) in [6.07, 6.45) is 0. The summed E-state index contributed by atoms with van der Waals surface area (Å²) < 4.78 is 18.6. The van der Waals surface area contributed by atoms with Crippen LogP contribution in [-0.2, 0) is 0 Å². The van der Waals surface area contributed by atoms with Crippen LogP contribution in [0.15, 0.2) is 16.6 Å². The van der Waals surface area contributed by atoms with Crippen molar-refractivity contribution in [3.63, 3.8) is 0 Å². The number of hydrogen-bond donors (Lipinski definition) is 1. The van der Waals surface area contributed by atoms with E-state index in [2.05, 4.69) is 21.2 Å². The highest BCUT2D eigenvalue weighted by Crippen LogP contribution is 2.32. The maximum Gasteiger partial charge on any atom is 0.145 e. The summed E-state index contributed by atoms with van der Waals surface area (Å²) in [5.74, 6) is 0.291. The van der Waals surface area contributed by atoms with Gasteiger partial charge in [0.1, 0.15) is 18.2 Å². The smallest absolute Gasteiger partial charge is 0.145 e. The van der Waals surface area contributed by atoms with Crippen LogP contribution in [0.2, 0.25) is 0 Å². The topological polar surface area (TPSA) is 21.3 Å². The monoisotopic (exact) mass is 267 g/mol. The number of rotatable bonds is 0. The summed E-state index contributed by atoms with van der Waals surface area (Å²) in [5.41, 5.74) is 0.842. The zero-order chi connectivity index (χ0) is 8.55. The van der Waals surface area contributed by atoms with Crippen molar-refractivity contribution >= 4 is 34.0 Å². The molecule has 1 N–H and O–H groups in total. The molecule has 0 fully saturated rings. The Labute approximate surface area is 90.0 Å². The number of fused-ring (bicyclic) bond motifs is 1. The lowest BCUT2D eigenvalue weighted by Gasteiger charge is -2.19. The minimum Gasteiger partial charge on any atom is -0.489 e. The quantitative estimate of drug-likeness (QED) is 0.781. The lowest BCUT2D eigenvalue weighted by atomic mass is 10.2. The summed E-state index contributed by atoms with van der Waals surface area (Å²) in [6, 6.07) is 3.06. The van der Waals surface area contributed by atoms with Gasteiger partial charge in [-0.15, -0.1) is 12.4 Å². The van der Waals surface area contributed by atoms with Crippen LogP contribution in [0.5, 0.6) is 5.75 Å². The van der Waals surface area contributed by atoms with Gasteiger partial charge in [0, 0.05) is 12.6 Å². The van der Waals surface area contributed by atoms with E-state index in [1.54, 1.807) is 6.07 Å². The van der Waals surface area contributed by atoms with Gasteiger partial charge < -0.3 is 10.1 Å². The Morgan fingerprint density at radius 3 is 3.00 bits per heavy atom. The summed E-state index contributed by atoms with van der Waals surface area (Å²) in [7, 11) is 0. The van der Waals surface area contributed by atoms with E-state index in [0.29, 0.717) is 16.8 Å². The van der Waals surface area contributed by atoms with Crippen molar-refractivity contribution in [2.75, 3.05) is 18.5 Å². The molecule has 0 saturated heterocycles. The Balaban J connectivity index is 0.000000845. The van der Waals surface area contributed by atoms with E-state index in [4.69, 9.17) is 4.74 Å². The molecule has 1 aliphatic rings. The Bertz CT molecular complexity index is 290. The van der Waals surface area contributed by atoms with Gasteiger partial charge in [-0.05, 0) is 22.0 Å². The Kier molecular flexibility index (Phi) is 3.39. The summed E-state index contributed by atoms with van der Waals surface area (Å²) >= 11 is 3.10. The summed E-state index contributed by atoms with van der Waals surface area (Å²) in [6.45, 7) is 1.36. The van der Waals surface area contributed by atoms with Crippen LogP contribution >= 0.6 is 28.3 Å². The first-order valence-electron chi connectivity index (χ1n) is 3.63. The van der Waals surface area contributed by atoms with Gasteiger partial charge in [-0.1, -0.05) is 0 Å². The van der Waals surface area contributed by atoms with Crippen molar-refractivity contribution in [3.05, 3.63) is 22.4 Å². The molecule has 0 saturated carbocycles. The van der Waals surface area contributed by atoms with Crippen LogP contribution in [0.4, 0.5) is 10.1 Å². The normalized spacial score (nSPS) is 13.4. The first kappa shape index (κ1) is 10.6. The highest BCUT2D eigenvalue weighted by molar-refractivity contribution is 9.10. The number of anilines is 1. The molecule has 0 atom stereocenters. The third-order valence-electron chi connectivity index (χ3n) is 1.70. The van der Waals surface area contributed by atoms with Crippen LogP contribution < -0.4 is 10.1 Å². The molecule has 0 aromatic heterocycles. The van der Waals surface area contributed by atoms with Crippen LogP contribution in [0, 0.1) is 5.82 Å². The molecule has 0 amide bonds. The standard InChI is InChI=1S/C8H7BrFNO.ClH/c9-5-3-7-8(4-6(5)10)12-2-1-11-7;/h3-4,11H,1-2H2;1H. The number of hydrogen-bond acceptors (Lipinski definition) is 2. The van der Waals surface area contributed by atoms with E-state index in [-0.39, 0.29) is 18.2 Å². The van der Waals surface area contributed by atoms with Crippen molar-refractivity contribution in [1.82, 2.24) is 0 Å². The number of benzene rings is 1. The lowest BCUT2D eigenvalue weighted by Crippen LogP contribution is -2.18. The third-order valence-corrected chi connectivity index (χ3v) is 2.31. The molecular weight excluding hydrogens is 260 g/mol. The number of halogens is 3. The predicted molar refractivity (Wildman–Crippen MR) is 55.3 cm³/mol. The molecule has 72 valence electrons. The predicted octanol–water partition coefficient (Wildman–Crippen LogP) is 2.81. The van der Waals surface area contributed by atoms with Crippen molar-refractivity contribution in [3.8, 4) is 5.75 Å². The molecule has 1 aliphatic heterocycles. The van der Waals surface area contributed by atoms with Gasteiger partial charge in [-0.2, -0.15) is 0 Å². The molecule has 0 unspecified atom stereocenters. The molecular formula is C8H8BrClFNO. The molecule has 0 aliphatic carbocycles. The average molecular weight is 269 g/mol. The Morgan fingerprint density at radius 1 is 1.46 bits per heavy atom. The minimum absolute atomic E-state index is 0. The largest absolute Gasteiger partial charge is 0.489 e. The SMILES string of the molecule is Cl.Fc1cc2c(cc1Br)NCCO2. The molecule has 13 heavy (non-hydrogen) atoms. The van der Waals surface area contributed by atoms with Gasteiger partial charge in [0.2, 0.25) is 0 Å². The van der Waals surface area contributed by atoms with Crippen molar-refractivity contribution < 1.29 is 9.13 Å². The van der Waals surface area contributed by atoms with Crippen molar-refractivity contribution in [1.29, 1.82) is 0 Å². The van der Waals surface area contributed by atoms with Crippen LogP contribution in [-0.4, -0.2) is 13.2 Å². The number of ether oxygens (including phenoxy) is 1. The van der Waals surface area contributed by atoms with Gasteiger partial charge in [0.25, 0.3) is 0 Å². The van der Waals surface area contributed by atoms with Crippen molar-refractivity contribution in [2.24, 2.45) is 0 Å². The minimum atomic E-state index is -0.294. The molecule has 0 radical (unpaired) electrons. The van der Waals surface area contributed by atoms with Gasteiger partial charge in [-0.25, -0.2) is 4.39 Å². The molecule has 0 spiro atoms. The van der Waals surface area contributed by atoms with E-state index >= 15 is 0 Å². The van der Waals surface area contributed by atoms with Crippen molar-refractivity contribution in [2.45, 2.75) is 0 Å². The molecule has 1 aromatic rings. The molecule has 1 heterocycles. The maximum absolute atomic E-state index is 13.0. The zero-order valence-corrected chi connectivity index (χ0v) is 9.04. The second-order valence-corrected chi connectivity index (χ2v) is 3.39. The molecule has 1 aromatic carbocycles. The first-order valence-corrected chi connectivity index (χ1v) is 4.42. The second-order valence-electron chi connectivity index (χ2n) is 2.54. The van der Waals surface area contributed by atoms with Crippen LogP contribution in [0.25, 0.3) is 0 Å². The van der Waals surface area contributed by atoms with E-state index in [1.165, 1.54) is 6.07 Å². The Morgan fingerprint density at radius 2 is 2.23 bits per heavy atom. The zero-order valence-electron chi connectivity index (χ0n) is 6.64. The first-order chi connectivity index (χ1) is 5.77. The highest BCUT2D eigenvalue weighted by atomic mass is 79.9. The summed E-state index contributed by atoms with van der Waals surface area (Å²) in [5, 5.41) is 3.11. The van der Waals surface area contributed by atoms with Gasteiger partial charge in [0.15, 0.2) is 0 Å².